The van der Waals surface area contributed by atoms with Gasteiger partial charge < -0.3 is 15.2 Å². The molecule has 0 saturated carbocycles. The molecule has 1 amide bonds. The van der Waals surface area contributed by atoms with E-state index in [9.17, 15) is 4.79 Å². The Bertz CT molecular complexity index is 336. The summed E-state index contributed by atoms with van der Waals surface area (Å²) in [5.41, 5.74) is 5.65. The first-order valence-corrected chi connectivity index (χ1v) is 6.94. The van der Waals surface area contributed by atoms with Crippen LogP contribution in [0.2, 0.25) is 0 Å². The minimum absolute atomic E-state index is 0.333. The quantitative estimate of drug-likeness (QED) is 0.919. The van der Waals surface area contributed by atoms with Crippen molar-refractivity contribution in [2.24, 2.45) is 5.73 Å². The summed E-state index contributed by atoms with van der Waals surface area (Å²) in [6.45, 7) is 7.76. The third kappa shape index (κ3) is 10.2. The Morgan fingerprint density at radius 1 is 1.10 bits per heavy atom. The van der Waals surface area contributed by atoms with Crippen LogP contribution in [0.1, 0.15) is 46.1 Å². The number of carbonyl (C=O) groups is 1. The highest BCUT2D eigenvalue weighted by Crippen LogP contribution is 2.30. The van der Waals surface area contributed by atoms with Gasteiger partial charge in [-0.2, -0.15) is 0 Å². The molecule has 0 saturated heterocycles. The van der Waals surface area contributed by atoms with Gasteiger partial charge in [0.25, 0.3) is 0 Å². The molecule has 0 radical (unpaired) electrons. The summed E-state index contributed by atoms with van der Waals surface area (Å²) in [5.74, 6) is 1.32. The predicted octanol–water partition coefficient (Wildman–Crippen LogP) is 3.56. The third-order valence-corrected chi connectivity index (χ3v) is 2.37. The van der Waals surface area contributed by atoms with Crippen molar-refractivity contribution >= 4 is 5.91 Å². The van der Waals surface area contributed by atoms with E-state index < -0.39 is 0 Å². The molecule has 0 spiro atoms. The van der Waals surface area contributed by atoms with Crippen molar-refractivity contribution in [2.45, 2.75) is 47.0 Å². The van der Waals surface area contributed by atoms with Crippen molar-refractivity contribution < 1.29 is 14.3 Å². The van der Waals surface area contributed by atoms with Crippen LogP contribution in [0.5, 0.6) is 11.5 Å². The van der Waals surface area contributed by atoms with Crippen molar-refractivity contribution in [1.29, 1.82) is 0 Å². The van der Waals surface area contributed by atoms with Gasteiger partial charge in [-0.15, -0.1) is 0 Å². The van der Waals surface area contributed by atoms with Crippen LogP contribution >= 0.6 is 0 Å². The summed E-state index contributed by atoms with van der Waals surface area (Å²) < 4.78 is 10.4. The van der Waals surface area contributed by atoms with E-state index in [0.717, 1.165) is 17.9 Å². The molecule has 0 atom stereocenters. The molecule has 0 aliphatic rings. The summed E-state index contributed by atoms with van der Waals surface area (Å²) in [4.78, 5) is 9.22. The molecule has 1 aromatic carbocycles. The Balaban J connectivity index is 0. The summed E-state index contributed by atoms with van der Waals surface area (Å²) in [6.07, 6.45) is 3.60. The molecule has 0 fully saturated rings. The maximum absolute atomic E-state index is 9.22. The van der Waals surface area contributed by atoms with Crippen LogP contribution in [0.3, 0.4) is 0 Å². The third-order valence-electron chi connectivity index (χ3n) is 2.37. The van der Waals surface area contributed by atoms with Crippen molar-refractivity contribution in [3.8, 4) is 11.5 Å². The molecule has 1 rings (SSSR count). The summed E-state index contributed by atoms with van der Waals surface area (Å²) in [7, 11) is 3.31. The van der Waals surface area contributed by atoms with Gasteiger partial charge in [-0.1, -0.05) is 45.7 Å². The Labute approximate surface area is 123 Å². The zero-order chi connectivity index (χ0) is 16.0. The number of hydrogen-bond donors (Lipinski definition) is 1. The number of primary amides is 1. The number of aryl methyl sites for hydroxylation is 1. The van der Waals surface area contributed by atoms with Gasteiger partial charge in [-0.3, -0.25) is 4.79 Å². The molecular formula is C16H29NO3. The number of rotatable bonds is 4. The molecule has 0 aliphatic carbocycles. The maximum atomic E-state index is 9.22. The first-order chi connectivity index (χ1) is 9.48. The van der Waals surface area contributed by atoms with Crippen molar-refractivity contribution in [3.63, 3.8) is 0 Å². The molecule has 1 aromatic rings. The highest BCUT2D eigenvalue weighted by Gasteiger charge is 2.06. The van der Waals surface area contributed by atoms with Gasteiger partial charge in [0.2, 0.25) is 5.91 Å². The normalized spacial score (nSPS) is 8.50. The Hall–Kier alpha value is -1.71. The molecule has 0 unspecified atom stereocenters. The molecule has 0 aromatic heterocycles. The number of carbonyl (C=O) groups excluding carboxylic acids is 1. The van der Waals surface area contributed by atoms with E-state index in [1.54, 1.807) is 14.2 Å². The van der Waals surface area contributed by atoms with E-state index in [1.807, 2.05) is 18.2 Å². The summed E-state index contributed by atoms with van der Waals surface area (Å²) in [5, 5.41) is 0. The first-order valence-electron chi connectivity index (χ1n) is 6.94. The fraction of sp³-hybridized carbons (Fsp3) is 0.562. The average molecular weight is 283 g/mol. The molecule has 0 aliphatic heterocycles. The Kier molecular flexibility index (Phi) is 14.1. The summed E-state index contributed by atoms with van der Waals surface area (Å²) >= 11 is 0. The standard InChI is InChI=1S/C10H14O2.C4H10.C2H5NO/c1-4-8-6-5-7-9(11-2)10(8)12-3;1-3-4-2;1-2(3)4/h5-7H,4H2,1-3H3;3-4H2,1-2H3;1H3,(H2,3,4). The number of hydrogen-bond acceptors (Lipinski definition) is 3. The molecule has 116 valence electrons. The predicted molar refractivity (Wildman–Crippen MR) is 84.4 cm³/mol. The molecule has 0 bridgehead atoms. The number of unbranched alkanes of at least 4 members (excludes halogenated alkanes) is 1. The van der Waals surface area contributed by atoms with Crippen LogP contribution < -0.4 is 15.2 Å². The number of para-hydroxylation sites is 1. The van der Waals surface area contributed by atoms with Crippen LogP contribution in [-0.2, 0) is 11.2 Å². The average Bonchev–Trinajstić information content (AvgIpc) is 2.45. The van der Waals surface area contributed by atoms with Crippen molar-refractivity contribution in [3.05, 3.63) is 23.8 Å². The van der Waals surface area contributed by atoms with Crippen molar-refractivity contribution in [1.82, 2.24) is 0 Å². The van der Waals surface area contributed by atoms with Gasteiger partial charge in [0.1, 0.15) is 0 Å². The van der Waals surface area contributed by atoms with Gasteiger partial charge in [-0.05, 0) is 18.1 Å². The highest BCUT2D eigenvalue weighted by atomic mass is 16.5. The fourth-order valence-electron chi connectivity index (χ4n) is 1.23. The lowest BCUT2D eigenvalue weighted by Gasteiger charge is -2.10. The second kappa shape index (κ2) is 13.7. The molecule has 0 heterocycles. The minimum atomic E-state index is -0.333. The highest BCUT2D eigenvalue weighted by molar-refractivity contribution is 5.70. The number of methoxy groups -OCH3 is 2. The van der Waals surface area contributed by atoms with E-state index in [1.165, 1.54) is 25.3 Å². The zero-order valence-corrected chi connectivity index (χ0v) is 13.7. The van der Waals surface area contributed by atoms with Gasteiger partial charge in [0.15, 0.2) is 11.5 Å². The second-order valence-corrected chi connectivity index (χ2v) is 4.12. The first kappa shape index (κ1) is 20.6. The van der Waals surface area contributed by atoms with E-state index >= 15 is 0 Å². The van der Waals surface area contributed by atoms with Crippen LogP contribution in [0, 0.1) is 0 Å². The van der Waals surface area contributed by atoms with Crippen LogP contribution in [0.4, 0.5) is 0 Å². The molecule has 4 heteroatoms. The lowest BCUT2D eigenvalue weighted by atomic mass is 10.1. The lowest BCUT2D eigenvalue weighted by Crippen LogP contribution is -2.01. The zero-order valence-electron chi connectivity index (χ0n) is 13.7. The van der Waals surface area contributed by atoms with Crippen LogP contribution in [-0.4, -0.2) is 20.1 Å². The maximum Gasteiger partial charge on any atom is 0.214 e. The Morgan fingerprint density at radius 3 is 1.90 bits per heavy atom. The topological polar surface area (TPSA) is 61.6 Å². The number of nitrogens with two attached hydrogens (primary N) is 1. The fourth-order valence-corrected chi connectivity index (χ4v) is 1.23. The molecule has 20 heavy (non-hydrogen) atoms. The van der Waals surface area contributed by atoms with Gasteiger partial charge in [-0.25, -0.2) is 0 Å². The SMILES string of the molecule is CC(N)=O.CCCC.CCc1cccc(OC)c1OC. The second-order valence-electron chi connectivity index (χ2n) is 4.12. The monoisotopic (exact) mass is 283 g/mol. The lowest BCUT2D eigenvalue weighted by molar-refractivity contribution is -0.115. The smallest absolute Gasteiger partial charge is 0.214 e. The molecule has 2 N–H and O–H groups in total. The van der Waals surface area contributed by atoms with Crippen molar-refractivity contribution in [2.75, 3.05) is 14.2 Å². The van der Waals surface area contributed by atoms with E-state index in [2.05, 4.69) is 26.5 Å². The number of ether oxygens (including phenoxy) is 2. The molecule has 4 nitrogen and oxygen atoms in total. The minimum Gasteiger partial charge on any atom is -0.493 e. The summed E-state index contributed by atoms with van der Waals surface area (Å²) in [6, 6.07) is 5.92. The van der Waals surface area contributed by atoms with Crippen LogP contribution in [0.25, 0.3) is 0 Å². The van der Waals surface area contributed by atoms with Gasteiger partial charge in [0.05, 0.1) is 14.2 Å². The Morgan fingerprint density at radius 2 is 1.60 bits per heavy atom. The number of amides is 1. The van der Waals surface area contributed by atoms with E-state index in [4.69, 9.17) is 9.47 Å². The largest absolute Gasteiger partial charge is 0.493 e. The van der Waals surface area contributed by atoms with Gasteiger partial charge in [0, 0.05) is 6.92 Å². The number of benzene rings is 1. The van der Waals surface area contributed by atoms with E-state index in [-0.39, 0.29) is 5.91 Å². The van der Waals surface area contributed by atoms with Gasteiger partial charge >= 0.3 is 0 Å². The molecular weight excluding hydrogens is 254 g/mol. The van der Waals surface area contributed by atoms with Crippen LogP contribution in [0.15, 0.2) is 18.2 Å². The van der Waals surface area contributed by atoms with E-state index in [0.29, 0.717) is 0 Å².